The second-order valence-electron chi connectivity index (χ2n) is 5.09. The van der Waals surface area contributed by atoms with Crippen LogP contribution in [0.1, 0.15) is 32.3 Å². The molecule has 2 rings (SSSR count). The first-order chi connectivity index (χ1) is 9.86. The topological polar surface area (TPSA) is 26.2 Å². The van der Waals surface area contributed by atoms with E-state index in [1.165, 1.54) is 22.9 Å². The summed E-state index contributed by atoms with van der Waals surface area (Å²) in [6, 6.07) is 8.77. The van der Waals surface area contributed by atoms with Crippen LogP contribution in [0.5, 0.6) is 0 Å². The van der Waals surface area contributed by atoms with Gasteiger partial charge in [0, 0.05) is 32.5 Å². The number of hydrogen-bond donors (Lipinski definition) is 1. The van der Waals surface area contributed by atoms with Crippen molar-refractivity contribution < 1.29 is 4.74 Å². The summed E-state index contributed by atoms with van der Waals surface area (Å²) in [7, 11) is 0. The van der Waals surface area contributed by atoms with Gasteiger partial charge in [-0.3, -0.25) is 0 Å². The predicted octanol–water partition coefficient (Wildman–Crippen LogP) is 3.57. The monoisotopic (exact) mass is 274 g/mol. The zero-order valence-corrected chi connectivity index (χ0v) is 12.7. The van der Waals surface area contributed by atoms with Gasteiger partial charge in [0.05, 0.1) is 5.52 Å². The molecule has 3 heteroatoms. The molecule has 0 saturated heterocycles. The summed E-state index contributed by atoms with van der Waals surface area (Å²) in [5.74, 6) is 0. The van der Waals surface area contributed by atoms with Crippen LogP contribution < -0.4 is 5.32 Å². The SMILES string of the molecule is CCCNCc1cccc2ccn(CCCOCC)c12. The molecule has 0 aliphatic heterocycles. The number of nitrogens with one attached hydrogen (secondary N) is 1. The number of fused-ring (bicyclic) bond motifs is 1. The van der Waals surface area contributed by atoms with E-state index >= 15 is 0 Å². The molecule has 3 nitrogen and oxygen atoms in total. The van der Waals surface area contributed by atoms with E-state index in [1.807, 2.05) is 6.92 Å². The van der Waals surface area contributed by atoms with Crippen LogP contribution in [-0.2, 0) is 17.8 Å². The van der Waals surface area contributed by atoms with Crippen LogP contribution in [0.3, 0.4) is 0 Å². The largest absolute Gasteiger partial charge is 0.382 e. The Bertz CT molecular complexity index is 519. The number of aromatic nitrogens is 1. The van der Waals surface area contributed by atoms with Crippen molar-refractivity contribution in [2.45, 2.75) is 39.8 Å². The predicted molar refractivity (Wildman–Crippen MR) is 85.0 cm³/mol. The van der Waals surface area contributed by atoms with Gasteiger partial charge >= 0.3 is 0 Å². The van der Waals surface area contributed by atoms with Gasteiger partial charge in [-0.1, -0.05) is 25.1 Å². The van der Waals surface area contributed by atoms with Crippen molar-refractivity contribution in [1.82, 2.24) is 9.88 Å². The van der Waals surface area contributed by atoms with E-state index in [1.54, 1.807) is 0 Å². The van der Waals surface area contributed by atoms with Crippen LogP contribution in [-0.4, -0.2) is 24.3 Å². The summed E-state index contributed by atoms with van der Waals surface area (Å²) >= 11 is 0. The average Bonchev–Trinajstić information content (AvgIpc) is 2.88. The molecule has 0 aliphatic rings. The Balaban J connectivity index is 2.09. The summed E-state index contributed by atoms with van der Waals surface area (Å²) < 4.78 is 7.79. The van der Waals surface area contributed by atoms with Crippen LogP contribution in [0, 0.1) is 0 Å². The molecular weight excluding hydrogens is 248 g/mol. The zero-order valence-electron chi connectivity index (χ0n) is 12.7. The molecule has 1 aromatic carbocycles. The molecule has 1 N–H and O–H groups in total. The zero-order chi connectivity index (χ0) is 14.2. The van der Waals surface area contributed by atoms with Crippen LogP contribution in [0.4, 0.5) is 0 Å². The molecule has 0 bridgehead atoms. The third-order valence-electron chi connectivity index (χ3n) is 3.51. The molecular formula is C17H26N2O. The van der Waals surface area contributed by atoms with E-state index in [0.717, 1.165) is 39.3 Å². The summed E-state index contributed by atoms with van der Waals surface area (Å²) in [6.45, 7) is 8.92. The van der Waals surface area contributed by atoms with Gasteiger partial charge in [-0.25, -0.2) is 0 Å². The van der Waals surface area contributed by atoms with Crippen molar-refractivity contribution in [3.63, 3.8) is 0 Å². The number of para-hydroxylation sites is 1. The normalized spacial score (nSPS) is 11.3. The highest BCUT2D eigenvalue weighted by molar-refractivity contribution is 5.83. The average molecular weight is 274 g/mol. The Morgan fingerprint density at radius 2 is 2.10 bits per heavy atom. The first kappa shape index (κ1) is 15.1. The van der Waals surface area contributed by atoms with Crippen molar-refractivity contribution in [3.8, 4) is 0 Å². The molecule has 2 aromatic rings. The van der Waals surface area contributed by atoms with Gasteiger partial charge < -0.3 is 14.6 Å². The molecule has 0 radical (unpaired) electrons. The fourth-order valence-electron chi connectivity index (χ4n) is 2.55. The van der Waals surface area contributed by atoms with Crippen molar-refractivity contribution in [2.75, 3.05) is 19.8 Å². The molecule has 0 aliphatic carbocycles. The van der Waals surface area contributed by atoms with E-state index in [9.17, 15) is 0 Å². The minimum Gasteiger partial charge on any atom is -0.382 e. The van der Waals surface area contributed by atoms with Gasteiger partial charge in [-0.2, -0.15) is 0 Å². The quantitative estimate of drug-likeness (QED) is 0.708. The van der Waals surface area contributed by atoms with Crippen molar-refractivity contribution in [1.29, 1.82) is 0 Å². The highest BCUT2D eigenvalue weighted by Crippen LogP contribution is 2.20. The van der Waals surface area contributed by atoms with E-state index in [4.69, 9.17) is 4.74 Å². The first-order valence-corrected chi connectivity index (χ1v) is 7.72. The lowest BCUT2D eigenvalue weighted by atomic mass is 10.1. The molecule has 0 fully saturated rings. The Morgan fingerprint density at radius 3 is 2.90 bits per heavy atom. The summed E-state index contributed by atoms with van der Waals surface area (Å²) in [4.78, 5) is 0. The van der Waals surface area contributed by atoms with Crippen LogP contribution in [0.15, 0.2) is 30.5 Å². The second-order valence-corrected chi connectivity index (χ2v) is 5.09. The van der Waals surface area contributed by atoms with E-state index in [0.29, 0.717) is 0 Å². The molecule has 1 aromatic heterocycles. The van der Waals surface area contributed by atoms with E-state index in [-0.39, 0.29) is 0 Å². The van der Waals surface area contributed by atoms with E-state index < -0.39 is 0 Å². The van der Waals surface area contributed by atoms with Crippen LogP contribution in [0.2, 0.25) is 0 Å². The molecule has 20 heavy (non-hydrogen) atoms. The van der Waals surface area contributed by atoms with Gasteiger partial charge in [-0.15, -0.1) is 0 Å². The van der Waals surface area contributed by atoms with E-state index in [2.05, 4.69) is 47.3 Å². The van der Waals surface area contributed by atoms with Gasteiger partial charge in [-0.05, 0) is 43.3 Å². The molecule has 0 saturated carbocycles. The lowest BCUT2D eigenvalue weighted by molar-refractivity contribution is 0.142. The number of aryl methyl sites for hydroxylation is 1. The highest BCUT2D eigenvalue weighted by atomic mass is 16.5. The number of hydrogen-bond acceptors (Lipinski definition) is 2. The lowest BCUT2D eigenvalue weighted by Gasteiger charge is -2.11. The first-order valence-electron chi connectivity index (χ1n) is 7.72. The second kappa shape index (κ2) is 8.08. The highest BCUT2D eigenvalue weighted by Gasteiger charge is 2.06. The fourth-order valence-corrected chi connectivity index (χ4v) is 2.55. The Kier molecular flexibility index (Phi) is 6.09. The standard InChI is InChI=1S/C17H26N2O/c1-3-10-18-14-16-8-5-7-15-9-12-19(17(15)16)11-6-13-20-4-2/h5,7-9,12,18H,3-4,6,10-11,13-14H2,1-2H3. The molecule has 1 heterocycles. The van der Waals surface area contributed by atoms with Crippen LogP contribution >= 0.6 is 0 Å². The third kappa shape index (κ3) is 3.84. The minimum atomic E-state index is 0.804. The Hall–Kier alpha value is -1.32. The maximum absolute atomic E-state index is 5.43. The number of nitrogens with zero attached hydrogens (tertiary/aromatic N) is 1. The van der Waals surface area contributed by atoms with Crippen molar-refractivity contribution in [2.24, 2.45) is 0 Å². The molecule has 110 valence electrons. The van der Waals surface area contributed by atoms with Gasteiger partial charge in [0.25, 0.3) is 0 Å². The Morgan fingerprint density at radius 1 is 1.20 bits per heavy atom. The number of benzene rings is 1. The molecule has 0 spiro atoms. The van der Waals surface area contributed by atoms with Crippen LogP contribution in [0.25, 0.3) is 10.9 Å². The van der Waals surface area contributed by atoms with Gasteiger partial charge in [0.15, 0.2) is 0 Å². The maximum Gasteiger partial charge on any atom is 0.0525 e. The smallest absolute Gasteiger partial charge is 0.0525 e. The van der Waals surface area contributed by atoms with Crippen molar-refractivity contribution in [3.05, 3.63) is 36.0 Å². The fraction of sp³-hybridized carbons (Fsp3) is 0.529. The third-order valence-corrected chi connectivity index (χ3v) is 3.51. The minimum absolute atomic E-state index is 0.804. The molecule has 0 unspecified atom stereocenters. The summed E-state index contributed by atoms with van der Waals surface area (Å²) in [5, 5.41) is 4.83. The summed E-state index contributed by atoms with van der Waals surface area (Å²) in [6.07, 6.45) is 4.43. The number of rotatable bonds is 9. The van der Waals surface area contributed by atoms with Gasteiger partial charge in [0.1, 0.15) is 0 Å². The lowest BCUT2D eigenvalue weighted by Crippen LogP contribution is -2.14. The molecule has 0 amide bonds. The summed E-state index contributed by atoms with van der Waals surface area (Å²) in [5.41, 5.74) is 2.75. The van der Waals surface area contributed by atoms with Gasteiger partial charge in [0.2, 0.25) is 0 Å². The molecule has 0 atom stereocenters. The number of ether oxygens (including phenoxy) is 1. The maximum atomic E-state index is 5.43. The van der Waals surface area contributed by atoms with Crippen molar-refractivity contribution >= 4 is 10.9 Å². The Labute approximate surface area is 121 Å².